The van der Waals surface area contributed by atoms with E-state index >= 15 is 0 Å². The number of carbonyl (C=O) groups is 2. The van der Waals surface area contributed by atoms with Crippen LogP contribution in [-0.4, -0.2) is 48.5 Å². The molecule has 0 aromatic heterocycles. The first-order valence-corrected chi connectivity index (χ1v) is 11.9. The van der Waals surface area contributed by atoms with E-state index in [2.05, 4.69) is 5.32 Å². The molecular formula is C26H29FN2O5. The molecule has 4 atom stereocenters. The first-order chi connectivity index (χ1) is 16.5. The van der Waals surface area contributed by atoms with E-state index in [1.54, 1.807) is 11.0 Å². The average Bonchev–Trinajstić information content (AvgIpc) is 2.78. The molecule has 3 aliphatic rings. The molecule has 2 fully saturated rings. The molecule has 2 aromatic rings. The van der Waals surface area contributed by atoms with Crippen molar-refractivity contribution in [3.05, 3.63) is 65.5 Å². The van der Waals surface area contributed by atoms with Gasteiger partial charge in [-0.25, -0.2) is 9.18 Å². The lowest BCUT2D eigenvalue weighted by molar-refractivity contribution is -0.137. The summed E-state index contributed by atoms with van der Waals surface area (Å²) < 4.78 is 25.3. The Morgan fingerprint density at radius 2 is 1.97 bits per heavy atom. The van der Waals surface area contributed by atoms with Crippen LogP contribution in [0.4, 0.5) is 14.9 Å². The van der Waals surface area contributed by atoms with Gasteiger partial charge in [0.05, 0.1) is 24.9 Å². The highest BCUT2D eigenvalue weighted by Gasteiger charge is 2.51. The minimum Gasteiger partial charge on any atom is -0.481 e. The van der Waals surface area contributed by atoms with Crippen LogP contribution in [0.15, 0.2) is 48.5 Å². The molecule has 0 spiro atoms. The van der Waals surface area contributed by atoms with Crippen LogP contribution in [0.5, 0.6) is 0 Å². The van der Waals surface area contributed by atoms with Crippen LogP contribution in [-0.2, 0) is 20.9 Å². The lowest BCUT2D eigenvalue weighted by atomic mass is 9.62. The van der Waals surface area contributed by atoms with Crippen LogP contribution >= 0.6 is 0 Å². The highest BCUT2D eigenvalue weighted by Crippen LogP contribution is 2.53. The van der Waals surface area contributed by atoms with Gasteiger partial charge in [-0.15, -0.1) is 0 Å². The molecule has 180 valence electrons. The first kappa shape index (κ1) is 22.8. The van der Waals surface area contributed by atoms with E-state index in [-0.39, 0.29) is 43.0 Å². The molecule has 34 heavy (non-hydrogen) atoms. The minimum atomic E-state index is -0.844. The summed E-state index contributed by atoms with van der Waals surface area (Å²) in [5.41, 5.74) is 2.27. The quantitative estimate of drug-likeness (QED) is 0.607. The molecule has 1 aliphatic carbocycles. The van der Waals surface area contributed by atoms with Gasteiger partial charge in [-0.2, -0.15) is 0 Å². The van der Waals surface area contributed by atoms with Crippen molar-refractivity contribution in [3.8, 4) is 0 Å². The van der Waals surface area contributed by atoms with Crippen LogP contribution in [0, 0.1) is 11.7 Å². The summed E-state index contributed by atoms with van der Waals surface area (Å²) in [6, 6.07) is 14.0. The SMILES string of the molecule is O=C(O)CCC(NC1COC1)C1c2ccc(F)cc2N(C(=O)OCc2ccccc2)C2CCC12. The number of benzene rings is 2. The number of rotatable bonds is 8. The number of ether oxygens (including phenoxy) is 2. The van der Waals surface area contributed by atoms with Crippen molar-refractivity contribution < 1.29 is 28.6 Å². The fourth-order valence-electron chi connectivity index (χ4n) is 5.48. The predicted octanol–water partition coefficient (Wildman–Crippen LogP) is 4.07. The van der Waals surface area contributed by atoms with Crippen LogP contribution in [0.1, 0.15) is 42.7 Å². The van der Waals surface area contributed by atoms with Gasteiger partial charge in [0, 0.05) is 24.4 Å². The van der Waals surface area contributed by atoms with Gasteiger partial charge >= 0.3 is 12.1 Å². The Hall–Kier alpha value is -2.97. The van der Waals surface area contributed by atoms with Gasteiger partial charge < -0.3 is 19.9 Å². The lowest BCUT2D eigenvalue weighted by Crippen LogP contribution is -2.60. The van der Waals surface area contributed by atoms with Crippen molar-refractivity contribution in [2.24, 2.45) is 5.92 Å². The largest absolute Gasteiger partial charge is 0.481 e. The summed E-state index contributed by atoms with van der Waals surface area (Å²) in [4.78, 5) is 26.2. The number of aliphatic carboxylic acids is 1. The summed E-state index contributed by atoms with van der Waals surface area (Å²) in [6.45, 7) is 1.34. The second-order valence-electron chi connectivity index (χ2n) is 9.39. The van der Waals surface area contributed by atoms with E-state index < -0.39 is 17.9 Å². The summed E-state index contributed by atoms with van der Waals surface area (Å²) in [7, 11) is 0. The maximum absolute atomic E-state index is 14.4. The number of halogens is 1. The minimum absolute atomic E-state index is 0.0209. The molecule has 2 aromatic carbocycles. The topological polar surface area (TPSA) is 88.1 Å². The number of carboxylic acids is 1. The molecule has 8 heteroatoms. The Morgan fingerprint density at radius 1 is 1.18 bits per heavy atom. The zero-order valence-electron chi connectivity index (χ0n) is 18.9. The molecule has 0 radical (unpaired) electrons. The number of carbonyl (C=O) groups excluding carboxylic acids is 1. The van der Waals surface area contributed by atoms with Gasteiger partial charge in [0.1, 0.15) is 12.4 Å². The van der Waals surface area contributed by atoms with E-state index in [4.69, 9.17) is 9.47 Å². The fourth-order valence-corrected chi connectivity index (χ4v) is 5.48. The van der Waals surface area contributed by atoms with Crippen molar-refractivity contribution in [1.82, 2.24) is 5.32 Å². The van der Waals surface area contributed by atoms with E-state index in [1.807, 2.05) is 30.3 Å². The van der Waals surface area contributed by atoms with E-state index in [1.165, 1.54) is 12.1 Å². The number of carboxylic acid groups (broad SMARTS) is 1. The van der Waals surface area contributed by atoms with Crippen molar-refractivity contribution >= 4 is 17.7 Å². The Labute approximate surface area is 197 Å². The first-order valence-electron chi connectivity index (χ1n) is 11.9. The van der Waals surface area contributed by atoms with Crippen molar-refractivity contribution in [2.75, 3.05) is 18.1 Å². The molecule has 0 bridgehead atoms. The maximum Gasteiger partial charge on any atom is 0.414 e. The second kappa shape index (κ2) is 9.72. The molecular weight excluding hydrogens is 439 g/mol. The van der Waals surface area contributed by atoms with Crippen LogP contribution < -0.4 is 10.2 Å². The zero-order chi connectivity index (χ0) is 23.7. The normalized spacial score (nSPS) is 24.3. The lowest BCUT2D eigenvalue weighted by Gasteiger charge is -2.54. The second-order valence-corrected chi connectivity index (χ2v) is 9.39. The molecule has 7 nitrogen and oxygen atoms in total. The summed E-state index contributed by atoms with van der Waals surface area (Å²) in [6.07, 6.45) is 1.73. The van der Waals surface area contributed by atoms with Crippen LogP contribution in [0.2, 0.25) is 0 Å². The number of anilines is 1. The summed E-state index contributed by atoms with van der Waals surface area (Å²) in [5, 5.41) is 12.9. The van der Waals surface area contributed by atoms with Gasteiger partial charge in [-0.1, -0.05) is 36.4 Å². The van der Waals surface area contributed by atoms with Crippen molar-refractivity contribution in [3.63, 3.8) is 0 Å². The van der Waals surface area contributed by atoms with Gasteiger partial charge in [-0.3, -0.25) is 9.69 Å². The Morgan fingerprint density at radius 3 is 2.62 bits per heavy atom. The molecule has 1 saturated carbocycles. The number of amides is 1. The highest BCUT2D eigenvalue weighted by molar-refractivity contribution is 5.91. The number of hydrogen-bond donors (Lipinski definition) is 2. The van der Waals surface area contributed by atoms with Gasteiger partial charge in [0.2, 0.25) is 0 Å². The number of nitrogens with one attached hydrogen (secondary N) is 1. The van der Waals surface area contributed by atoms with Gasteiger partial charge in [0.15, 0.2) is 0 Å². The molecule has 2 aliphatic heterocycles. The third-order valence-electron chi connectivity index (χ3n) is 7.29. The molecule has 4 unspecified atom stereocenters. The monoisotopic (exact) mass is 468 g/mol. The fraction of sp³-hybridized carbons (Fsp3) is 0.462. The predicted molar refractivity (Wildman–Crippen MR) is 123 cm³/mol. The number of fused-ring (bicyclic) bond motifs is 2. The third kappa shape index (κ3) is 4.52. The van der Waals surface area contributed by atoms with E-state index in [9.17, 15) is 19.1 Å². The summed E-state index contributed by atoms with van der Waals surface area (Å²) in [5.74, 6) is -1.14. The van der Waals surface area contributed by atoms with Gasteiger partial charge in [0.25, 0.3) is 0 Å². The maximum atomic E-state index is 14.4. The molecule has 1 saturated heterocycles. The highest BCUT2D eigenvalue weighted by atomic mass is 19.1. The Bertz CT molecular complexity index is 1040. The Balaban J connectivity index is 1.44. The summed E-state index contributed by atoms with van der Waals surface area (Å²) >= 11 is 0. The molecule has 1 amide bonds. The van der Waals surface area contributed by atoms with Gasteiger partial charge in [-0.05, 0) is 48.4 Å². The van der Waals surface area contributed by atoms with Crippen LogP contribution in [0.25, 0.3) is 0 Å². The van der Waals surface area contributed by atoms with E-state index in [0.717, 1.165) is 24.0 Å². The third-order valence-corrected chi connectivity index (χ3v) is 7.29. The van der Waals surface area contributed by atoms with E-state index in [0.29, 0.717) is 25.3 Å². The standard InChI is InChI=1S/C26H29FN2O5/c27-17-6-7-20-23(12-17)29(26(32)34-13-16-4-2-1-3-5-16)22-10-8-19(22)25(20)21(9-11-24(30)31)28-18-14-33-15-18/h1-7,12,18-19,21-22,25,28H,8-11,13-15H2,(H,30,31). The zero-order valence-corrected chi connectivity index (χ0v) is 18.9. The number of hydrogen-bond acceptors (Lipinski definition) is 5. The Kier molecular flexibility index (Phi) is 6.52. The average molecular weight is 469 g/mol. The van der Waals surface area contributed by atoms with Crippen LogP contribution in [0.3, 0.4) is 0 Å². The molecule has 2 N–H and O–H groups in total. The molecule has 2 heterocycles. The molecule has 5 rings (SSSR count). The number of nitrogens with zero attached hydrogens (tertiary/aromatic N) is 1. The smallest absolute Gasteiger partial charge is 0.414 e. The van der Waals surface area contributed by atoms with Crippen molar-refractivity contribution in [2.45, 2.75) is 56.3 Å². The van der Waals surface area contributed by atoms with Crippen molar-refractivity contribution in [1.29, 1.82) is 0 Å².